The molecule has 2 aromatic heterocycles. The number of hydrogen-bond donors (Lipinski definition) is 0. The van der Waals surface area contributed by atoms with Crippen molar-refractivity contribution in [3.05, 3.63) is 23.8 Å². The van der Waals surface area contributed by atoms with Crippen molar-refractivity contribution in [1.29, 1.82) is 0 Å². The average molecular weight is 374 g/mol. The molecule has 0 spiro atoms. The van der Waals surface area contributed by atoms with E-state index in [2.05, 4.69) is 19.9 Å². The van der Waals surface area contributed by atoms with Gasteiger partial charge in [0.05, 0.1) is 6.20 Å². The molecule has 0 bridgehead atoms. The summed E-state index contributed by atoms with van der Waals surface area (Å²) >= 11 is 0. The Morgan fingerprint density at radius 1 is 1.33 bits per heavy atom. The summed E-state index contributed by atoms with van der Waals surface area (Å²) in [7, 11) is 0. The second-order valence-corrected chi connectivity index (χ2v) is 7.92. The highest BCUT2D eigenvalue weighted by Crippen LogP contribution is 2.55. The minimum absolute atomic E-state index is 0.156. The smallest absolute Gasteiger partial charge is 0.290 e. The molecule has 6 nitrogen and oxygen atoms in total. The maximum atomic E-state index is 14.6. The first-order valence-corrected chi connectivity index (χ1v) is 9.36. The third-order valence-electron chi connectivity index (χ3n) is 6.10. The lowest BCUT2D eigenvalue weighted by atomic mass is 9.92. The molecule has 2 aromatic rings. The van der Waals surface area contributed by atoms with Crippen LogP contribution in [0.25, 0.3) is 11.6 Å². The van der Waals surface area contributed by atoms with Crippen LogP contribution in [0.15, 0.2) is 17.0 Å². The molecule has 3 aliphatic rings. The van der Waals surface area contributed by atoms with Gasteiger partial charge in [-0.1, -0.05) is 0 Å². The molecule has 1 saturated heterocycles. The lowest BCUT2D eigenvalue weighted by Crippen LogP contribution is -2.31. The Bertz CT molecular complexity index is 887. The molecular weight excluding hydrogens is 354 g/mol. The fourth-order valence-corrected chi connectivity index (χ4v) is 4.77. The normalized spacial score (nSPS) is 28.0. The van der Waals surface area contributed by atoms with Crippen molar-refractivity contribution in [3.8, 4) is 11.6 Å². The Hall–Kier alpha value is -2.38. The Morgan fingerprint density at radius 3 is 2.78 bits per heavy atom. The van der Waals surface area contributed by atoms with Crippen LogP contribution in [0.5, 0.6) is 0 Å². The first-order valence-electron chi connectivity index (χ1n) is 9.36. The van der Waals surface area contributed by atoms with Crippen LogP contribution in [0.1, 0.15) is 37.4 Å². The molecule has 0 radical (unpaired) electrons. The summed E-state index contributed by atoms with van der Waals surface area (Å²) < 4.78 is 34.4. The highest BCUT2D eigenvalue weighted by molar-refractivity contribution is 5.76. The summed E-state index contributed by atoms with van der Waals surface area (Å²) in [4.78, 5) is 26.1. The molecule has 142 valence electrons. The van der Waals surface area contributed by atoms with Crippen molar-refractivity contribution in [2.75, 3.05) is 18.0 Å². The number of rotatable bonds is 4. The van der Waals surface area contributed by atoms with Crippen molar-refractivity contribution in [1.82, 2.24) is 15.0 Å². The Kier molecular flexibility index (Phi) is 3.61. The van der Waals surface area contributed by atoms with E-state index < -0.39 is 5.92 Å². The second kappa shape index (κ2) is 5.81. The Labute approximate surface area is 155 Å². The van der Waals surface area contributed by atoms with Gasteiger partial charge in [0, 0.05) is 31.5 Å². The molecule has 5 rings (SSSR count). The predicted octanol–water partition coefficient (Wildman–Crippen LogP) is 3.22. The zero-order valence-corrected chi connectivity index (χ0v) is 15.0. The Morgan fingerprint density at radius 2 is 2.11 bits per heavy atom. The third kappa shape index (κ3) is 2.73. The monoisotopic (exact) mass is 374 g/mol. The van der Waals surface area contributed by atoms with Crippen molar-refractivity contribution in [3.63, 3.8) is 0 Å². The first kappa shape index (κ1) is 16.8. The molecule has 27 heavy (non-hydrogen) atoms. The molecule has 1 aliphatic heterocycles. The van der Waals surface area contributed by atoms with Crippen LogP contribution >= 0.6 is 0 Å². The van der Waals surface area contributed by atoms with E-state index in [-0.39, 0.29) is 23.7 Å². The number of alkyl halides is 2. The topological polar surface area (TPSA) is 72.1 Å². The maximum absolute atomic E-state index is 14.6. The van der Waals surface area contributed by atoms with E-state index in [0.717, 1.165) is 13.1 Å². The van der Waals surface area contributed by atoms with Crippen molar-refractivity contribution < 1.29 is 18.0 Å². The number of ketones is 1. The molecule has 0 aromatic carbocycles. The van der Waals surface area contributed by atoms with Crippen LogP contribution in [0.3, 0.4) is 0 Å². The van der Waals surface area contributed by atoms with Gasteiger partial charge in [-0.05, 0) is 37.5 Å². The summed E-state index contributed by atoms with van der Waals surface area (Å²) in [6.07, 6.45) is 4.08. The van der Waals surface area contributed by atoms with Gasteiger partial charge >= 0.3 is 0 Å². The molecule has 0 N–H and O–H groups in total. The SMILES string of the molecule is CC(=O)CC1[C@H]2CN(c3nc(-c4cnco4)nc4c3CCCC4(F)F)C[C@@H]12. The zero-order valence-electron chi connectivity index (χ0n) is 15.0. The molecule has 2 aliphatic carbocycles. The summed E-state index contributed by atoms with van der Waals surface area (Å²) in [6.45, 7) is 3.14. The van der Waals surface area contributed by atoms with Gasteiger partial charge in [-0.25, -0.2) is 15.0 Å². The third-order valence-corrected chi connectivity index (χ3v) is 6.10. The number of carbonyl (C=O) groups is 1. The number of piperidine rings is 1. The van der Waals surface area contributed by atoms with Crippen LogP contribution in [-0.2, 0) is 17.1 Å². The zero-order chi connectivity index (χ0) is 18.8. The molecular formula is C19H20F2N4O2. The van der Waals surface area contributed by atoms with E-state index in [1.54, 1.807) is 6.92 Å². The number of oxazole rings is 1. The standard InChI is InChI=1S/C19H20F2N4O2/c1-10(26)5-12-13-7-25(8-14(12)13)18-11-3-2-4-19(20,21)16(11)23-17(24-18)15-6-22-9-27-15/h6,9,12-14H,2-5,7-8H2,1H3/t12?,13-,14+. The quantitative estimate of drug-likeness (QED) is 0.818. The average Bonchev–Trinajstić information content (AvgIpc) is 3.06. The number of hydrogen-bond acceptors (Lipinski definition) is 6. The van der Waals surface area contributed by atoms with Gasteiger partial charge in [-0.2, -0.15) is 8.78 Å². The number of halogens is 2. The van der Waals surface area contributed by atoms with E-state index in [9.17, 15) is 13.6 Å². The van der Waals surface area contributed by atoms with E-state index in [4.69, 9.17) is 4.42 Å². The Balaban J connectivity index is 1.51. The van der Waals surface area contributed by atoms with Crippen LogP contribution in [0.4, 0.5) is 14.6 Å². The molecule has 2 fully saturated rings. The molecule has 3 atom stereocenters. The van der Waals surface area contributed by atoms with Crippen molar-refractivity contribution in [2.45, 2.75) is 38.5 Å². The summed E-state index contributed by atoms with van der Waals surface area (Å²) in [6, 6.07) is 0. The number of anilines is 1. The van der Waals surface area contributed by atoms with E-state index in [1.165, 1.54) is 12.6 Å². The fourth-order valence-electron chi connectivity index (χ4n) is 4.77. The highest BCUT2D eigenvalue weighted by Gasteiger charge is 2.56. The first-order chi connectivity index (χ1) is 12.9. The van der Waals surface area contributed by atoms with Crippen molar-refractivity contribution >= 4 is 11.6 Å². The minimum atomic E-state index is -2.96. The second-order valence-electron chi connectivity index (χ2n) is 7.92. The molecule has 3 heterocycles. The molecule has 8 heteroatoms. The molecule has 1 saturated carbocycles. The fraction of sp³-hybridized carbons (Fsp3) is 0.579. The molecule has 1 unspecified atom stereocenters. The van der Waals surface area contributed by atoms with Gasteiger partial charge in [0.25, 0.3) is 5.92 Å². The van der Waals surface area contributed by atoms with Gasteiger partial charge in [-0.15, -0.1) is 0 Å². The lowest BCUT2D eigenvalue weighted by molar-refractivity contribution is -0.117. The minimum Gasteiger partial charge on any atom is -0.440 e. The van der Waals surface area contributed by atoms with Crippen molar-refractivity contribution in [2.24, 2.45) is 17.8 Å². The number of carbonyl (C=O) groups excluding carboxylic acids is 1. The number of aromatic nitrogens is 3. The highest BCUT2D eigenvalue weighted by atomic mass is 19.3. The van der Waals surface area contributed by atoms with E-state index in [0.29, 0.717) is 54.2 Å². The van der Waals surface area contributed by atoms with Gasteiger partial charge < -0.3 is 14.1 Å². The van der Waals surface area contributed by atoms with Gasteiger partial charge in [0.2, 0.25) is 0 Å². The van der Waals surface area contributed by atoms with Gasteiger partial charge in [0.1, 0.15) is 17.3 Å². The largest absolute Gasteiger partial charge is 0.440 e. The van der Waals surface area contributed by atoms with Gasteiger partial charge in [0.15, 0.2) is 18.0 Å². The summed E-state index contributed by atoms with van der Waals surface area (Å²) in [5.74, 6) is -0.351. The summed E-state index contributed by atoms with van der Waals surface area (Å²) in [5.41, 5.74) is 0.380. The number of fused-ring (bicyclic) bond motifs is 2. The summed E-state index contributed by atoms with van der Waals surface area (Å²) in [5, 5.41) is 0. The van der Waals surface area contributed by atoms with Crippen LogP contribution in [0, 0.1) is 17.8 Å². The predicted molar refractivity (Wildman–Crippen MR) is 92.3 cm³/mol. The lowest BCUT2D eigenvalue weighted by Gasteiger charge is -2.30. The van der Waals surface area contributed by atoms with Crippen LogP contribution < -0.4 is 4.90 Å². The maximum Gasteiger partial charge on any atom is 0.290 e. The number of Topliss-reactive ketones (excluding diaryl/α,β-unsaturated/α-hetero) is 1. The van der Waals surface area contributed by atoms with E-state index in [1.807, 2.05) is 0 Å². The van der Waals surface area contributed by atoms with E-state index >= 15 is 0 Å². The van der Waals surface area contributed by atoms with Crippen LogP contribution in [-0.4, -0.2) is 33.8 Å². The van der Waals surface area contributed by atoms with Crippen LogP contribution in [0.2, 0.25) is 0 Å². The number of nitrogens with zero attached hydrogens (tertiary/aromatic N) is 4. The molecule has 0 amide bonds. The van der Waals surface area contributed by atoms with Gasteiger partial charge in [-0.3, -0.25) is 0 Å².